The van der Waals surface area contributed by atoms with Crippen molar-refractivity contribution in [3.05, 3.63) is 23.2 Å². The van der Waals surface area contributed by atoms with Crippen LogP contribution in [-0.4, -0.2) is 19.1 Å². The Hall–Kier alpha value is -1.42. The van der Waals surface area contributed by atoms with E-state index < -0.39 is 0 Å². The summed E-state index contributed by atoms with van der Waals surface area (Å²) in [6, 6.07) is 5.02. The highest BCUT2D eigenvalue weighted by Gasteiger charge is 2.21. The average molecular weight is 226 g/mol. The number of hydrogen-bond acceptors (Lipinski definition) is 2. The zero-order chi connectivity index (χ0) is 10.8. The summed E-state index contributed by atoms with van der Waals surface area (Å²) in [6.07, 6.45) is 0.914. The molecule has 15 heavy (non-hydrogen) atoms. The Morgan fingerprint density at radius 3 is 3.00 bits per heavy atom. The molecule has 1 aliphatic heterocycles. The molecule has 2 amide bonds. The van der Waals surface area contributed by atoms with Gasteiger partial charge in [-0.15, -0.1) is 0 Å². The van der Waals surface area contributed by atoms with Crippen LogP contribution in [0.15, 0.2) is 18.2 Å². The molecule has 0 aromatic heterocycles. The molecule has 3 N–H and O–H groups in total. The van der Waals surface area contributed by atoms with Crippen molar-refractivity contribution >= 4 is 29.0 Å². The minimum absolute atomic E-state index is 0.117. The molecule has 1 aromatic carbocycles. The van der Waals surface area contributed by atoms with Crippen molar-refractivity contribution in [1.82, 2.24) is 5.32 Å². The minimum Gasteiger partial charge on any atom is -0.399 e. The molecule has 1 fully saturated rings. The van der Waals surface area contributed by atoms with Gasteiger partial charge in [-0.3, -0.25) is 4.90 Å². The number of nitrogen functional groups attached to an aromatic ring is 1. The van der Waals surface area contributed by atoms with E-state index in [0.29, 0.717) is 22.9 Å². The van der Waals surface area contributed by atoms with Crippen LogP contribution in [0.1, 0.15) is 6.42 Å². The smallest absolute Gasteiger partial charge is 0.321 e. The van der Waals surface area contributed by atoms with E-state index in [1.54, 1.807) is 23.1 Å². The average Bonchev–Trinajstić information content (AvgIpc) is 2.23. The summed E-state index contributed by atoms with van der Waals surface area (Å²) in [5.74, 6) is 0. The van der Waals surface area contributed by atoms with Crippen LogP contribution in [0, 0.1) is 0 Å². The fourth-order valence-electron chi connectivity index (χ4n) is 1.60. The van der Waals surface area contributed by atoms with Gasteiger partial charge in [0.05, 0.1) is 10.7 Å². The van der Waals surface area contributed by atoms with Gasteiger partial charge in [-0.2, -0.15) is 0 Å². The number of rotatable bonds is 1. The monoisotopic (exact) mass is 225 g/mol. The predicted molar refractivity (Wildman–Crippen MR) is 61.2 cm³/mol. The molecule has 0 spiro atoms. The molecule has 5 heteroatoms. The van der Waals surface area contributed by atoms with Crippen molar-refractivity contribution in [2.24, 2.45) is 0 Å². The lowest BCUT2D eigenvalue weighted by molar-refractivity contribution is 0.243. The van der Waals surface area contributed by atoms with Crippen LogP contribution in [0.25, 0.3) is 0 Å². The number of urea groups is 1. The van der Waals surface area contributed by atoms with Crippen molar-refractivity contribution in [3.63, 3.8) is 0 Å². The number of nitrogens with one attached hydrogen (secondary N) is 1. The van der Waals surface area contributed by atoms with E-state index in [1.807, 2.05) is 0 Å². The summed E-state index contributed by atoms with van der Waals surface area (Å²) in [7, 11) is 0. The first-order valence-electron chi connectivity index (χ1n) is 4.79. The zero-order valence-electron chi connectivity index (χ0n) is 8.16. The molecule has 1 aromatic rings. The van der Waals surface area contributed by atoms with E-state index in [-0.39, 0.29) is 6.03 Å². The zero-order valence-corrected chi connectivity index (χ0v) is 8.92. The minimum atomic E-state index is -0.117. The molecule has 0 atom stereocenters. The normalized spacial score (nSPS) is 16.3. The summed E-state index contributed by atoms with van der Waals surface area (Å²) in [5, 5.41) is 3.31. The third-order valence-corrected chi connectivity index (χ3v) is 2.66. The van der Waals surface area contributed by atoms with Gasteiger partial charge in [0.2, 0.25) is 0 Å². The molecule has 0 saturated carbocycles. The number of hydrogen-bond donors (Lipinski definition) is 2. The summed E-state index contributed by atoms with van der Waals surface area (Å²) in [4.78, 5) is 13.2. The lowest BCUT2D eigenvalue weighted by atomic mass is 10.2. The predicted octanol–water partition coefficient (Wildman–Crippen LogP) is 1.84. The summed E-state index contributed by atoms with van der Waals surface area (Å²) in [5.41, 5.74) is 6.94. The molecule has 0 unspecified atom stereocenters. The molecule has 0 bridgehead atoms. The van der Waals surface area contributed by atoms with Crippen LogP contribution < -0.4 is 16.0 Å². The maximum Gasteiger partial charge on any atom is 0.321 e. The van der Waals surface area contributed by atoms with Gasteiger partial charge in [0.15, 0.2) is 0 Å². The molecule has 0 radical (unpaired) electrons. The van der Waals surface area contributed by atoms with E-state index >= 15 is 0 Å². The first-order valence-corrected chi connectivity index (χ1v) is 5.16. The highest BCUT2D eigenvalue weighted by atomic mass is 35.5. The number of carbonyl (C=O) groups excluding carboxylic acids is 1. The standard InChI is InChI=1S/C10H12ClN3O/c11-8-3-2-7(12)6-9(8)14-5-1-4-13-10(14)15/h2-3,6H,1,4-5,12H2,(H,13,15). The molecule has 1 saturated heterocycles. The fraction of sp³-hybridized carbons (Fsp3) is 0.300. The highest BCUT2D eigenvalue weighted by Crippen LogP contribution is 2.28. The van der Waals surface area contributed by atoms with Crippen LogP contribution >= 0.6 is 11.6 Å². The first kappa shape index (κ1) is 10.1. The first-order chi connectivity index (χ1) is 7.18. The SMILES string of the molecule is Nc1ccc(Cl)c(N2CCCNC2=O)c1. The number of benzene rings is 1. The van der Waals surface area contributed by atoms with Crippen molar-refractivity contribution in [1.29, 1.82) is 0 Å². The number of carbonyl (C=O) groups is 1. The lowest BCUT2D eigenvalue weighted by Crippen LogP contribution is -2.46. The van der Waals surface area contributed by atoms with E-state index in [9.17, 15) is 4.79 Å². The third kappa shape index (κ3) is 1.99. The summed E-state index contributed by atoms with van der Waals surface area (Å²) >= 11 is 6.02. The van der Waals surface area contributed by atoms with Gasteiger partial charge < -0.3 is 11.1 Å². The lowest BCUT2D eigenvalue weighted by Gasteiger charge is -2.28. The summed E-state index contributed by atoms with van der Waals surface area (Å²) in [6.45, 7) is 1.39. The van der Waals surface area contributed by atoms with Gasteiger partial charge in [0.25, 0.3) is 0 Å². The number of nitrogens with zero attached hydrogens (tertiary/aromatic N) is 1. The van der Waals surface area contributed by atoms with Crippen molar-refractivity contribution in [2.75, 3.05) is 23.7 Å². The summed E-state index contributed by atoms with van der Waals surface area (Å²) < 4.78 is 0. The Bertz CT molecular complexity index is 394. The highest BCUT2D eigenvalue weighted by molar-refractivity contribution is 6.34. The number of nitrogens with two attached hydrogens (primary N) is 1. The second-order valence-corrected chi connectivity index (χ2v) is 3.86. The molecule has 1 aliphatic rings. The second kappa shape index (κ2) is 3.98. The quantitative estimate of drug-likeness (QED) is 0.717. The number of amides is 2. The topological polar surface area (TPSA) is 58.4 Å². The Labute approximate surface area is 93.0 Å². The van der Waals surface area contributed by atoms with Gasteiger partial charge in [-0.05, 0) is 24.6 Å². The number of halogens is 1. The van der Waals surface area contributed by atoms with Crippen LogP contribution in [0.5, 0.6) is 0 Å². The van der Waals surface area contributed by atoms with Crippen LogP contribution in [-0.2, 0) is 0 Å². The maximum absolute atomic E-state index is 11.6. The fourth-order valence-corrected chi connectivity index (χ4v) is 1.82. The van der Waals surface area contributed by atoms with Crippen LogP contribution in [0.3, 0.4) is 0 Å². The van der Waals surface area contributed by atoms with Gasteiger partial charge in [-0.25, -0.2) is 4.79 Å². The van der Waals surface area contributed by atoms with Crippen LogP contribution in [0.2, 0.25) is 5.02 Å². The van der Waals surface area contributed by atoms with Crippen LogP contribution in [0.4, 0.5) is 16.2 Å². The van der Waals surface area contributed by atoms with Crippen molar-refractivity contribution in [2.45, 2.75) is 6.42 Å². The third-order valence-electron chi connectivity index (χ3n) is 2.34. The van der Waals surface area contributed by atoms with E-state index in [2.05, 4.69) is 5.32 Å². The molecule has 1 heterocycles. The molecular weight excluding hydrogens is 214 g/mol. The second-order valence-electron chi connectivity index (χ2n) is 3.45. The Kier molecular flexibility index (Phi) is 2.68. The molecule has 4 nitrogen and oxygen atoms in total. The van der Waals surface area contributed by atoms with Gasteiger partial charge >= 0.3 is 6.03 Å². The van der Waals surface area contributed by atoms with E-state index in [4.69, 9.17) is 17.3 Å². The number of anilines is 2. The van der Waals surface area contributed by atoms with Gasteiger partial charge in [0.1, 0.15) is 0 Å². The van der Waals surface area contributed by atoms with Crippen molar-refractivity contribution < 1.29 is 4.79 Å². The van der Waals surface area contributed by atoms with Gasteiger partial charge in [0, 0.05) is 18.8 Å². The molecule has 2 rings (SSSR count). The van der Waals surface area contributed by atoms with E-state index in [0.717, 1.165) is 13.0 Å². The Morgan fingerprint density at radius 2 is 2.27 bits per heavy atom. The van der Waals surface area contributed by atoms with E-state index in [1.165, 1.54) is 0 Å². The maximum atomic E-state index is 11.6. The Balaban J connectivity index is 2.34. The largest absolute Gasteiger partial charge is 0.399 e. The molecule has 0 aliphatic carbocycles. The molecule has 80 valence electrons. The Morgan fingerprint density at radius 1 is 1.47 bits per heavy atom. The van der Waals surface area contributed by atoms with Gasteiger partial charge in [-0.1, -0.05) is 11.6 Å². The molecular formula is C10H12ClN3O. The van der Waals surface area contributed by atoms with Crippen molar-refractivity contribution in [3.8, 4) is 0 Å².